The first kappa shape index (κ1) is 16.0. The maximum absolute atomic E-state index is 12.5. The number of aromatic nitrogens is 1. The molecule has 2 aromatic heterocycles. The van der Waals surface area contributed by atoms with Gasteiger partial charge < -0.3 is 19.2 Å². The number of rotatable bonds is 2. The van der Waals surface area contributed by atoms with Crippen molar-refractivity contribution in [3.8, 4) is 11.3 Å². The summed E-state index contributed by atoms with van der Waals surface area (Å²) in [5, 5.41) is 2.98. The van der Waals surface area contributed by atoms with Gasteiger partial charge in [0.1, 0.15) is 5.76 Å². The lowest BCUT2D eigenvalue weighted by Crippen LogP contribution is -2.53. The molecule has 4 rings (SSSR count). The number of carbonyl (C=O) groups excluding carboxylic acids is 1. The molecule has 2 amide bonds. The molecule has 25 heavy (non-hydrogen) atoms. The van der Waals surface area contributed by atoms with Crippen LogP contribution in [0.1, 0.15) is 31.9 Å². The van der Waals surface area contributed by atoms with Crippen LogP contribution in [-0.2, 0) is 6.54 Å². The van der Waals surface area contributed by atoms with Gasteiger partial charge in [-0.05, 0) is 44.4 Å². The second kappa shape index (κ2) is 6.10. The molecule has 0 saturated carbocycles. The molecule has 6 heteroatoms. The molecule has 1 N–H and O–H groups in total. The zero-order valence-corrected chi connectivity index (χ0v) is 14.6. The number of piperidine rings is 1. The fourth-order valence-electron chi connectivity index (χ4n) is 4.16. The Morgan fingerprint density at radius 2 is 2.08 bits per heavy atom. The zero-order valence-electron chi connectivity index (χ0n) is 14.6. The molecule has 0 aliphatic carbocycles. The third-order valence-electron chi connectivity index (χ3n) is 5.08. The van der Waals surface area contributed by atoms with Gasteiger partial charge in [-0.25, -0.2) is 4.79 Å². The van der Waals surface area contributed by atoms with E-state index >= 15 is 0 Å². The Kier molecular flexibility index (Phi) is 3.90. The van der Waals surface area contributed by atoms with Crippen molar-refractivity contribution < 1.29 is 9.21 Å². The highest BCUT2D eigenvalue weighted by Gasteiger charge is 2.38. The number of fused-ring (bicyclic) bond motifs is 4. The number of hydrogen-bond acceptors (Lipinski definition) is 3. The molecule has 0 aromatic carbocycles. The molecule has 2 atom stereocenters. The van der Waals surface area contributed by atoms with Crippen molar-refractivity contribution >= 4 is 6.03 Å². The molecule has 2 aliphatic rings. The van der Waals surface area contributed by atoms with Gasteiger partial charge in [-0.1, -0.05) is 0 Å². The Labute approximate surface area is 146 Å². The maximum Gasteiger partial charge on any atom is 0.317 e. The standard InChI is InChI=1S/C19H23N3O3/c1-12(2)20-19(24)21-9-13-8-14(11-21)18-15(16-4-3-7-25-16)5-6-17(23)22(18)10-13/h3-7,12-14H,8-11H2,1-2H3,(H,20,24)/t13-,14+/m0/s1. The SMILES string of the molecule is CC(C)NC(=O)N1C[C@@H]2C[C@H](C1)c1c(-c3ccco3)ccc(=O)n1C2. The van der Waals surface area contributed by atoms with E-state index in [0.717, 1.165) is 23.4 Å². The normalized spacial score (nSPS) is 22.0. The lowest BCUT2D eigenvalue weighted by molar-refractivity contribution is 0.130. The highest BCUT2D eigenvalue weighted by atomic mass is 16.3. The highest BCUT2D eigenvalue weighted by molar-refractivity contribution is 5.75. The molecule has 0 unspecified atom stereocenters. The highest BCUT2D eigenvalue weighted by Crippen LogP contribution is 2.39. The van der Waals surface area contributed by atoms with Gasteiger partial charge in [0, 0.05) is 48.9 Å². The Morgan fingerprint density at radius 3 is 2.80 bits per heavy atom. The zero-order chi connectivity index (χ0) is 17.6. The summed E-state index contributed by atoms with van der Waals surface area (Å²) in [6.45, 7) is 5.92. The number of nitrogens with zero attached hydrogens (tertiary/aromatic N) is 2. The third kappa shape index (κ3) is 2.86. The van der Waals surface area contributed by atoms with E-state index in [1.54, 1.807) is 12.3 Å². The predicted octanol–water partition coefficient (Wildman–Crippen LogP) is 2.65. The molecule has 132 valence electrons. The van der Waals surface area contributed by atoms with Crippen molar-refractivity contribution in [2.45, 2.75) is 38.8 Å². The van der Waals surface area contributed by atoms with Crippen LogP contribution < -0.4 is 10.9 Å². The lowest BCUT2D eigenvalue weighted by Gasteiger charge is -2.43. The number of pyridine rings is 1. The van der Waals surface area contributed by atoms with E-state index in [1.165, 1.54) is 0 Å². The monoisotopic (exact) mass is 341 g/mol. The van der Waals surface area contributed by atoms with Gasteiger partial charge >= 0.3 is 6.03 Å². The summed E-state index contributed by atoms with van der Waals surface area (Å²) in [7, 11) is 0. The van der Waals surface area contributed by atoms with E-state index in [1.807, 2.05) is 41.5 Å². The molecule has 1 saturated heterocycles. The topological polar surface area (TPSA) is 67.5 Å². The number of urea groups is 1. The Morgan fingerprint density at radius 1 is 1.24 bits per heavy atom. The molecule has 2 bridgehead atoms. The summed E-state index contributed by atoms with van der Waals surface area (Å²) in [5.74, 6) is 1.24. The van der Waals surface area contributed by atoms with Crippen LogP contribution in [-0.4, -0.2) is 34.6 Å². The maximum atomic E-state index is 12.5. The van der Waals surface area contributed by atoms with Crippen LogP contribution in [0.4, 0.5) is 4.79 Å². The molecule has 0 radical (unpaired) electrons. The van der Waals surface area contributed by atoms with Gasteiger partial charge in [-0.15, -0.1) is 0 Å². The van der Waals surface area contributed by atoms with E-state index in [0.29, 0.717) is 25.6 Å². The second-order valence-corrected chi connectivity index (χ2v) is 7.37. The average Bonchev–Trinajstić information content (AvgIpc) is 3.09. The molecule has 6 nitrogen and oxygen atoms in total. The lowest BCUT2D eigenvalue weighted by atomic mass is 9.81. The molecule has 0 spiro atoms. The minimum atomic E-state index is -0.0176. The number of likely N-dealkylation sites (tertiary alicyclic amines) is 1. The molecular weight excluding hydrogens is 318 g/mol. The Balaban J connectivity index is 1.72. The van der Waals surface area contributed by atoms with Crippen molar-refractivity contribution in [2.75, 3.05) is 13.1 Å². The summed E-state index contributed by atoms with van der Waals surface area (Å²) in [5.41, 5.74) is 1.99. The molecule has 2 aliphatic heterocycles. The summed E-state index contributed by atoms with van der Waals surface area (Å²) < 4.78 is 7.47. The van der Waals surface area contributed by atoms with E-state index in [4.69, 9.17) is 4.42 Å². The molecule has 2 aromatic rings. The fraction of sp³-hybridized carbons (Fsp3) is 0.474. The van der Waals surface area contributed by atoms with Crippen molar-refractivity contribution in [1.29, 1.82) is 0 Å². The Bertz CT molecular complexity index is 838. The molecule has 4 heterocycles. The van der Waals surface area contributed by atoms with Crippen LogP contribution in [0, 0.1) is 5.92 Å². The van der Waals surface area contributed by atoms with Crippen molar-refractivity contribution in [3.63, 3.8) is 0 Å². The van der Waals surface area contributed by atoms with E-state index in [9.17, 15) is 9.59 Å². The minimum Gasteiger partial charge on any atom is -0.464 e. The van der Waals surface area contributed by atoms with Crippen LogP contribution in [0.5, 0.6) is 0 Å². The second-order valence-electron chi connectivity index (χ2n) is 7.37. The van der Waals surface area contributed by atoms with Crippen LogP contribution in [0.25, 0.3) is 11.3 Å². The fourth-order valence-corrected chi connectivity index (χ4v) is 4.16. The first-order valence-electron chi connectivity index (χ1n) is 8.86. The first-order valence-corrected chi connectivity index (χ1v) is 8.86. The van der Waals surface area contributed by atoms with Crippen molar-refractivity contribution in [3.05, 3.63) is 46.6 Å². The van der Waals surface area contributed by atoms with Crippen LogP contribution >= 0.6 is 0 Å². The van der Waals surface area contributed by atoms with Gasteiger partial charge in [0.25, 0.3) is 5.56 Å². The number of furan rings is 1. The van der Waals surface area contributed by atoms with Crippen molar-refractivity contribution in [1.82, 2.24) is 14.8 Å². The van der Waals surface area contributed by atoms with E-state index < -0.39 is 0 Å². The molecule has 1 fully saturated rings. The van der Waals surface area contributed by atoms with Crippen LogP contribution in [0.3, 0.4) is 0 Å². The number of carbonyl (C=O) groups is 1. The van der Waals surface area contributed by atoms with Gasteiger partial charge in [0.05, 0.1) is 6.26 Å². The predicted molar refractivity (Wildman–Crippen MR) is 94.5 cm³/mol. The van der Waals surface area contributed by atoms with Crippen molar-refractivity contribution in [2.24, 2.45) is 5.92 Å². The minimum absolute atomic E-state index is 0.0176. The summed E-state index contributed by atoms with van der Waals surface area (Å²) >= 11 is 0. The largest absolute Gasteiger partial charge is 0.464 e. The Hall–Kier alpha value is -2.50. The number of amides is 2. The summed E-state index contributed by atoms with van der Waals surface area (Å²) in [6.07, 6.45) is 2.65. The quantitative estimate of drug-likeness (QED) is 0.913. The van der Waals surface area contributed by atoms with Gasteiger partial charge in [-0.3, -0.25) is 4.79 Å². The van der Waals surface area contributed by atoms with Gasteiger partial charge in [0.15, 0.2) is 0 Å². The number of hydrogen-bond donors (Lipinski definition) is 1. The number of nitrogens with one attached hydrogen (secondary N) is 1. The molecular formula is C19H23N3O3. The average molecular weight is 341 g/mol. The van der Waals surface area contributed by atoms with E-state index in [-0.39, 0.29) is 23.6 Å². The first-order chi connectivity index (χ1) is 12.0. The third-order valence-corrected chi connectivity index (χ3v) is 5.08. The van der Waals surface area contributed by atoms with Crippen LogP contribution in [0.15, 0.2) is 39.7 Å². The van der Waals surface area contributed by atoms with Gasteiger partial charge in [-0.2, -0.15) is 0 Å². The summed E-state index contributed by atoms with van der Waals surface area (Å²) in [4.78, 5) is 26.8. The van der Waals surface area contributed by atoms with E-state index in [2.05, 4.69) is 5.32 Å². The smallest absolute Gasteiger partial charge is 0.317 e. The van der Waals surface area contributed by atoms with Gasteiger partial charge in [0.2, 0.25) is 0 Å². The summed E-state index contributed by atoms with van der Waals surface area (Å²) in [6, 6.07) is 7.33. The van der Waals surface area contributed by atoms with Crippen LogP contribution in [0.2, 0.25) is 0 Å².